The van der Waals surface area contributed by atoms with Crippen molar-refractivity contribution in [2.24, 2.45) is 5.73 Å². The number of benzene rings is 1. The van der Waals surface area contributed by atoms with Gasteiger partial charge in [-0.15, -0.1) is 0 Å². The molecule has 0 fully saturated rings. The minimum absolute atomic E-state index is 0.170. The van der Waals surface area contributed by atoms with Gasteiger partial charge < -0.3 is 10.8 Å². The average molecular weight is 283 g/mol. The maximum Gasteiger partial charge on any atom is 0.320 e. The minimum Gasteiger partial charge on any atom is -0.480 e. The summed E-state index contributed by atoms with van der Waals surface area (Å²) in [5.41, 5.74) is 4.93. The molecule has 0 aliphatic heterocycles. The lowest BCUT2D eigenvalue weighted by atomic mass is 10.0. The number of hydrogen-bond donors (Lipinski definition) is 2. The molecule has 1 aromatic carbocycles. The van der Waals surface area contributed by atoms with E-state index < -0.39 is 21.9 Å². The lowest BCUT2D eigenvalue weighted by Gasteiger charge is -2.06. The van der Waals surface area contributed by atoms with Gasteiger partial charge in [-0.2, -0.15) is 0 Å². The molecule has 1 aromatic rings. The number of aryl methyl sites for hydroxylation is 1. The number of nitrogens with zero attached hydrogens (tertiary/aromatic N) is 2. The number of carboxylic acids is 1. The molecule has 0 saturated heterocycles. The van der Waals surface area contributed by atoms with Crippen molar-refractivity contribution < 1.29 is 19.7 Å². The van der Waals surface area contributed by atoms with E-state index in [4.69, 9.17) is 10.8 Å². The molecule has 0 radical (unpaired) electrons. The molecule has 3 N–H and O–H groups in total. The van der Waals surface area contributed by atoms with Crippen LogP contribution < -0.4 is 5.73 Å². The summed E-state index contributed by atoms with van der Waals surface area (Å²) >= 11 is 0. The van der Waals surface area contributed by atoms with Crippen LogP contribution >= 0.6 is 0 Å². The highest BCUT2D eigenvalue weighted by Gasteiger charge is 2.19. The molecule has 1 unspecified atom stereocenters. The van der Waals surface area contributed by atoms with Crippen LogP contribution in [0.15, 0.2) is 18.2 Å². The summed E-state index contributed by atoms with van der Waals surface area (Å²) in [5.74, 6) is -1.14. The first-order valence-corrected chi connectivity index (χ1v) is 5.73. The van der Waals surface area contributed by atoms with Crippen molar-refractivity contribution in [3.05, 3.63) is 44.0 Å². The van der Waals surface area contributed by atoms with Crippen molar-refractivity contribution in [2.75, 3.05) is 0 Å². The number of hydrogen-bond acceptors (Lipinski definition) is 6. The van der Waals surface area contributed by atoms with Gasteiger partial charge in [-0.05, 0) is 25.3 Å². The van der Waals surface area contributed by atoms with Crippen LogP contribution in [0.25, 0.3) is 0 Å². The standard InChI is InChI=1S/C11H13N3O6/c12-9(11(15)16)3-1-2-7-4-5-8(13(17)18)6-10(7)14(19)20/h4-6,9H,1-3,12H2,(H,15,16). The fourth-order valence-corrected chi connectivity index (χ4v) is 1.68. The Morgan fingerprint density at radius 2 is 1.95 bits per heavy atom. The molecule has 0 aliphatic carbocycles. The van der Waals surface area contributed by atoms with Gasteiger partial charge in [0.05, 0.1) is 15.9 Å². The molecule has 1 rings (SSSR count). The van der Waals surface area contributed by atoms with Crippen LogP contribution in [0.3, 0.4) is 0 Å². The second-order valence-electron chi connectivity index (χ2n) is 4.16. The second kappa shape index (κ2) is 6.57. The van der Waals surface area contributed by atoms with Gasteiger partial charge in [-0.3, -0.25) is 25.0 Å². The quantitative estimate of drug-likeness (QED) is 0.564. The van der Waals surface area contributed by atoms with Crippen molar-refractivity contribution in [2.45, 2.75) is 25.3 Å². The Bertz CT molecular complexity index is 545. The summed E-state index contributed by atoms with van der Waals surface area (Å²) in [6, 6.07) is 2.36. The number of carboxylic acid groups (broad SMARTS) is 1. The molecule has 0 saturated carbocycles. The van der Waals surface area contributed by atoms with Crippen molar-refractivity contribution in [1.82, 2.24) is 0 Å². The molecule has 0 aromatic heterocycles. The van der Waals surface area contributed by atoms with E-state index in [0.717, 1.165) is 6.07 Å². The smallest absolute Gasteiger partial charge is 0.320 e. The maximum absolute atomic E-state index is 10.9. The third-order valence-electron chi connectivity index (χ3n) is 2.75. The Hall–Kier alpha value is -2.55. The normalized spacial score (nSPS) is 11.8. The van der Waals surface area contributed by atoms with Crippen LogP contribution in [0.2, 0.25) is 0 Å². The highest BCUT2D eigenvalue weighted by Crippen LogP contribution is 2.26. The molecular weight excluding hydrogens is 270 g/mol. The molecule has 108 valence electrons. The van der Waals surface area contributed by atoms with Gasteiger partial charge >= 0.3 is 5.97 Å². The van der Waals surface area contributed by atoms with Crippen molar-refractivity contribution >= 4 is 17.3 Å². The maximum atomic E-state index is 10.9. The summed E-state index contributed by atoms with van der Waals surface area (Å²) < 4.78 is 0. The monoisotopic (exact) mass is 283 g/mol. The van der Waals surface area contributed by atoms with Gasteiger partial charge in [0.15, 0.2) is 0 Å². The van der Waals surface area contributed by atoms with Crippen LogP contribution in [0, 0.1) is 20.2 Å². The van der Waals surface area contributed by atoms with Crippen LogP contribution in [-0.4, -0.2) is 27.0 Å². The van der Waals surface area contributed by atoms with Gasteiger partial charge in [0, 0.05) is 11.6 Å². The molecule has 9 heteroatoms. The molecule has 20 heavy (non-hydrogen) atoms. The molecule has 1 atom stereocenters. The SMILES string of the molecule is NC(CCCc1ccc([N+](=O)[O-])cc1[N+](=O)[O-])C(=O)O. The first-order chi connectivity index (χ1) is 9.32. The van der Waals surface area contributed by atoms with E-state index in [9.17, 15) is 25.0 Å². The summed E-state index contributed by atoms with van der Waals surface area (Å²) in [6.07, 6.45) is 0.741. The van der Waals surface area contributed by atoms with E-state index in [2.05, 4.69) is 0 Å². The summed E-state index contributed by atoms with van der Waals surface area (Å²) in [5, 5.41) is 30.0. The van der Waals surface area contributed by atoms with Gasteiger partial charge in [-0.25, -0.2) is 0 Å². The van der Waals surface area contributed by atoms with Crippen LogP contribution in [0.4, 0.5) is 11.4 Å². The largest absolute Gasteiger partial charge is 0.480 e. The highest BCUT2D eigenvalue weighted by molar-refractivity contribution is 5.72. The Labute approximate surface area is 113 Å². The van der Waals surface area contributed by atoms with E-state index in [1.165, 1.54) is 12.1 Å². The number of non-ortho nitro benzene ring substituents is 1. The minimum atomic E-state index is -1.14. The van der Waals surface area contributed by atoms with Crippen LogP contribution in [0.1, 0.15) is 18.4 Å². The zero-order valence-electron chi connectivity index (χ0n) is 10.4. The first kappa shape index (κ1) is 15.5. The number of nitro groups is 2. The van der Waals surface area contributed by atoms with Crippen LogP contribution in [-0.2, 0) is 11.2 Å². The number of rotatable bonds is 7. The first-order valence-electron chi connectivity index (χ1n) is 5.73. The predicted octanol–water partition coefficient (Wildman–Crippen LogP) is 1.24. The number of aliphatic carboxylic acids is 1. The zero-order valence-corrected chi connectivity index (χ0v) is 10.4. The number of carbonyl (C=O) groups is 1. The zero-order chi connectivity index (χ0) is 15.3. The van der Waals surface area contributed by atoms with E-state index >= 15 is 0 Å². The molecule has 0 aliphatic rings. The van der Waals surface area contributed by atoms with E-state index in [-0.39, 0.29) is 24.2 Å². The average Bonchev–Trinajstić information content (AvgIpc) is 2.38. The second-order valence-corrected chi connectivity index (χ2v) is 4.16. The topological polar surface area (TPSA) is 150 Å². The Balaban J connectivity index is 2.82. The summed E-state index contributed by atoms with van der Waals surface area (Å²) in [7, 11) is 0. The predicted molar refractivity (Wildman–Crippen MR) is 68.3 cm³/mol. The van der Waals surface area contributed by atoms with Crippen molar-refractivity contribution in [3.8, 4) is 0 Å². The Morgan fingerprint density at radius 1 is 1.30 bits per heavy atom. The van der Waals surface area contributed by atoms with E-state index in [1.54, 1.807) is 0 Å². The summed E-state index contributed by atoms with van der Waals surface area (Å²) in [6.45, 7) is 0. The molecule has 9 nitrogen and oxygen atoms in total. The summed E-state index contributed by atoms with van der Waals surface area (Å²) in [4.78, 5) is 30.6. The fourth-order valence-electron chi connectivity index (χ4n) is 1.68. The van der Waals surface area contributed by atoms with Crippen molar-refractivity contribution in [3.63, 3.8) is 0 Å². The number of nitrogens with two attached hydrogens (primary N) is 1. The number of nitro benzene ring substituents is 2. The van der Waals surface area contributed by atoms with Gasteiger partial charge in [0.1, 0.15) is 6.04 Å². The Morgan fingerprint density at radius 3 is 2.45 bits per heavy atom. The lowest BCUT2D eigenvalue weighted by Crippen LogP contribution is -2.29. The van der Waals surface area contributed by atoms with Gasteiger partial charge in [-0.1, -0.05) is 0 Å². The third-order valence-corrected chi connectivity index (χ3v) is 2.75. The van der Waals surface area contributed by atoms with Crippen LogP contribution in [0.5, 0.6) is 0 Å². The van der Waals surface area contributed by atoms with E-state index in [1.807, 2.05) is 0 Å². The third kappa shape index (κ3) is 3.99. The molecule has 0 amide bonds. The molecule has 0 heterocycles. The van der Waals surface area contributed by atoms with E-state index in [0.29, 0.717) is 12.0 Å². The Kier molecular flexibility index (Phi) is 5.09. The fraction of sp³-hybridized carbons (Fsp3) is 0.364. The molecular formula is C11H13N3O6. The highest BCUT2D eigenvalue weighted by atomic mass is 16.6. The molecule has 0 bridgehead atoms. The van der Waals surface area contributed by atoms with Gasteiger partial charge in [0.25, 0.3) is 11.4 Å². The lowest BCUT2D eigenvalue weighted by molar-refractivity contribution is -0.394. The molecule has 0 spiro atoms. The van der Waals surface area contributed by atoms with Crippen molar-refractivity contribution in [1.29, 1.82) is 0 Å². The van der Waals surface area contributed by atoms with Gasteiger partial charge in [0.2, 0.25) is 0 Å².